The minimum atomic E-state index is -1.72. The lowest BCUT2D eigenvalue weighted by molar-refractivity contribution is -0.295. The van der Waals surface area contributed by atoms with E-state index in [0.29, 0.717) is 30.1 Å². The minimum Gasteiger partial charge on any atom is -0.456 e. The highest BCUT2D eigenvalue weighted by molar-refractivity contribution is 5.67. The zero-order valence-electron chi connectivity index (χ0n) is 24.0. The molecule has 36 heavy (non-hydrogen) atoms. The topological polar surface area (TPSA) is 72.8 Å². The second-order valence-electron chi connectivity index (χ2n) is 14.1. The van der Waals surface area contributed by atoms with E-state index in [9.17, 15) is 14.7 Å². The van der Waals surface area contributed by atoms with Crippen LogP contribution in [0.25, 0.3) is 0 Å². The van der Waals surface area contributed by atoms with E-state index in [1.165, 1.54) is 65.2 Å². The Morgan fingerprint density at radius 1 is 0.889 bits per heavy atom. The van der Waals surface area contributed by atoms with Crippen molar-refractivity contribution in [3.63, 3.8) is 0 Å². The van der Waals surface area contributed by atoms with Crippen LogP contribution in [-0.4, -0.2) is 28.9 Å². The summed E-state index contributed by atoms with van der Waals surface area (Å²) in [6.07, 6.45) is 11.7. The molecule has 206 valence electrons. The minimum absolute atomic E-state index is 0.0162. The first-order valence-electron chi connectivity index (χ1n) is 14.9. The van der Waals surface area contributed by atoms with Crippen molar-refractivity contribution in [2.24, 2.45) is 52.3 Å². The number of rotatable bonds is 7. The molecule has 1 unspecified atom stereocenters. The molecule has 0 heterocycles. The highest BCUT2D eigenvalue weighted by Gasteiger charge is 2.64. The standard InChI is InChI=1S/C31H52O5/c1-19(2)9-8-10-20(3)25-13-14-26-24-12-11-23-17-31(34,36-22(5)33)28(35-21(4)32)18-30(23,7)27(24)15-16-29(25,26)6/h19-20,23-28,34H,8-18H2,1-7H3/t20-,23+,24+,25-,26+,27+,28?,29-,30+,31+/m1/s1. The van der Waals surface area contributed by atoms with Gasteiger partial charge in [0.25, 0.3) is 0 Å². The number of hydrogen-bond donors (Lipinski definition) is 1. The predicted molar refractivity (Wildman–Crippen MR) is 141 cm³/mol. The molecule has 1 N–H and O–H groups in total. The van der Waals surface area contributed by atoms with Crippen LogP contribution >= 0.6 is 0 Å². The summed E-state index contributed by atoms with van der Waals surface area (Å²) in [5, 5.41) is 11.4. The Bertz CT molecular complexity index is 824. The fraction of sp³-hybridized carbons (Fsp3) is 0.935. The lowest BCUT2D eigenvalue weighted by Gasteiger charge is -2.62. The van der Waals surface area contributed by atoms with Crippen LogP contribution in [0.4, 0.5) is 0 Å². The molecule has 4 fully saturated rings. The molecule has 0 bridgehead atoms. The van der Waals surface area contributed by atoms with Crippen molar-refractivity contribution in [2.75, 3.05) is 0 Å². The van der Waals surface area contributed by atoms with E-state index in [1.54, 1.807) is 0 Å². The van der Waals surface area contributed by atoms with Crippen LogP contribution in [0.5, 0.6) is 0 Å². The Morgan fingerprint density at radius 3 is 2.22 bits per heavy atom. The lowest BCUT2D eigenvalue weighted by atomic mass is 9.44. The first-order valence-corrected chi connectivity index (χ1v) is 14.9. The predicted octanol–water partition coefficient (Wildman–Crippen LogP) is 6.90. The van der Waals surface area contributed by atoms with Gasteiger partial charge in [0.1, 0.15) is 0 Å². The first kappa shape index (κ1) is 27.9. The van der Waals surface area contributed by atoms with Gasteiger partial charge in [-0.05, 0) is 97.2 Å². The third kappa shape index (κ3) is 4.99. The number of esters is 2. The number of hydrogen-bond acceptors (Lipinski definition) is 5. The van der Waals surface area contributed by atoms with Crippen LogP contribution in [0.3, 0.4) is 0 Å². The van der Waals surface area contributed by atoms with Crippen molar-refractivity contribution < 1.29 is 24.2 Å². The molecular formula is C31H52O5. The second kappa shape index (κ2) is 10.2. The number of fused-ring (bicyclic) bond motifs is 5. The summed E-state index contributed by atoms with van der Waals surface area (Å²) in [5.74, 6) is 2.06. The van der Waals surface area contributed by atoms with Gasteiger partial charge in [-0.3, -0.25) is 9.59 Å². The van der Waals surface area contributed by atoms with E-state index in [2.05, 4.69) is 34.6 Å². The summed E-state index contributed by atoms with van der Waals surface area (Å²) in [6.45, 7) is 14.9. The monoisotopic (exact) mass is 504 g/mol. The van der Waals surface area contributed by atoms with E-state index < -0.39 is 23.8 Å². The fourth-order valence-corrected chi connectivity index (χ4v) is 9.95. The fourth-order valence-electron chi connectivity index (χ4n) is 9.95. The summed E-state index contributed by atoms with van der Waals surface area (Å²) >= 11 is 0. The Labute approximate surface area is 219 Å². The van der Waals surface area contributed by atoms with Crippen molar-refractivity contribution in [1.29, 1.82) is 0 Å². The molecule has 0 aliphatic heterocycles. The summed E-state index contributed by atoms with van der Waals surface area (Å²) in [6, 6.07) is 0. The second-order valence-corrected chi connectivity index (χ2v) is 14.1. The Balaban J connectivity index is 1.52. The molecule has 0 radical (unpaired) electrons. The van der Waals surface area contributed by atoms with Gasteiger partial charge in [-0.1, -0.05) is 53.9 Å². The number of carbonyl (C=O) groups excluding carboxylic acids is 2. The van der Waals surface area contributed by atoms with Gasteiger partial charge in [-0.15, -0.1) is 0 Å². The molecule has 0 aromatic heterocycles. The molecule has 4 aliphatic rings. The van der Waals surface area contributed by atoms with Gasteiger partial charge < -0.3 is 14.6 Å². The van der Waals surface area contributed by atoms with E-state index in [4.69, 9.17) is 9.47 Å². The maximum Gasteiger partial charge on any atom is 0.305 e. The molecule has 5 nitrogen and oxygen atoms in total. The van der Waals surface area contributed by atoms with Crippen molar-refractivity contribution in [3.8, 4) is 0 Å². The van der Waals surface area contributed by atoms with Gasteiger partial charge in [0.05, 0.1) is 0 Å². The van der Waals surface area contributed by atoms with E-state index in [0.717, 1.165) is 30.1 Å². The molecule has 0 aromatic carbocycles. The molecule has 0 aromatic rings. The van der Waals surface area contributed by atoms with Crippen molar-refractivity contribution in [2.45, 2.75) is 131 Å². The molecule has 4 saturated carbocycles. The molecule has 4 aliphatic carbocycles. The number of aliphatic hydroxyl groups is 1. The van der Waals surface area contributed by atoms with Gasteiger partial charge in [0.15, 0.2) is 6.10 Å². The SMILES string of the molecule is CC(=O)OC1C[C@@]2(C)[C@@H](CC[C@@H]3[C@@H]2CC[C@]2(C)[C@@H]([C@H](C)CCCC(C)C)CC[C@@H]32)C[C@]1(O)OC(C)=O. The number of ether oxygens (including phenoxy) is 2. The van der Waals surface area contributed by atoms with Crippen LogP contribution in [-0.2, 0) is 19.1 Å². The zero-order valence-corrected chi connectivity index (χ0v) is 24.0. The maximum absolute atomic E-state index is 12.0. The van der Waals surface area contributed by atoms with E-state index in [1.807, 2.05) is 0 Å². The van der Waals surface area contributed by atoms with Gasteiger partial charge >= 0.3 is 11.9 Å². The molecule has 0 spiro atoms. The largest absolute Gasteiger partial charge is 0.456 e. The van der Waals surface area contributed by atoms with Crippen LogP contribution in [0.15, 0.2) is 0 Å². The quantitative estimate of drug-likeness (QED) is 0.301. The Hall–Kier alpha value is -1.10. The Morgan fingerprint density at radius 2 is 1.58 bits per heavy atom. The summed E-state index contributed by atoms with van der Waals surface area (Å²) < 4.78 is 11.1. The van der Waals surface area contributed by atoms with Gasteiger partial charge in [0, 0.05) is 20.3 Å². The average molecular weight is 505 g/mol. The first-order chi connectivity index (χ1) is 16.8. The van der Waals surface area contributed by atoms with Crippen LogP contribution in [0.2, 0.25) is 0 Å². The normalized spacial score (nSPS) is 44.8. The number of carbonyl (C=O) groups is 2. The maximum atomic E-state index is 12.0. The smallest absolute Gasteiger partial charge is 0.305 e. The average Bonchev–Trinajstić information content (AvgIpc) is 3.11. The molecular weight excluding hydrogens is 452 g/mol. The van der Waals surface area contributed by atoms with Crippen molar-refractivity contribution in [3.05, 3.63) is 0 Å². The van der Waals surface area contributed by atoms with Crippen LogP contribution < -0.4 is 0 Å². The van der Waals surface area contributed by atoms with E-state index in [-0.39, 0.29) is 11.3 Å². The van der Waals surface area contributed by atoms with Crippen LogP contribution in [0.1, 0.15) is 119 Å². The molecule has 5 heteroatoms. The molecule has 0 saturated heterocycles. The zero-order chi connectivity index (χ0) is 26.5. The molecule has 10 atom stereocenters. The summed E-state index contributed by atoms with van der Waals surface area (Å²) in [4.78, 5) is 23.8. The summed E-state index contributed by atoms with van der Waals surface area (Å²) in [7, 11) is 0. The highest BCUT2D eigenvalue weighted by Crippen LogP contribution is 2.69. The summed E-state index contributed by atoms with van der Waals surface area (Å²) in [5.41, 5.74) is 0.418. The lowest BCUT2D eigenvalue weighted by Crippen LogP contribution is -2.62. The highest BCUT2D eigenvalue weighted by atomic mass is 16.7. The Kier molecular flexibility index (Phi) is 7.93. The third-order valence-corrected chi connectivity index (χ3v) is 11.6. The molecule has 4 rings (SSSR count). The van der Waals surface area contributed by atoms with Crippen molar-refractivity contribution in [1.82, 2.24) is 0 Å². The molecule has 0 amide bonds. The van der Waals surface area contributed by atoms with Gasteiger partial charge in [-0.2, -0.15) is 0 Å². The van der Waals surface area contributed by atoms with Crippen molar-refractivity contribution >= 4 is 11.9 Å². The van der Waals surface area contributed by atoms with Crippen LogP contribution in [0, 0.1) is 52.3 Å². The van der Waals surface area contributed by atoms with Gasteiger partial charge in [0.2, 0.25) is 5.79 Å². The third-order valence-electron chi connectivity index (χ3n) is 11.6. The van der Waals surface area contributed by atoms with Gasteiger partial charge in [-0.25, -0.2) is 0 Å². The van der Waals surface area contributed by atoms with E-state index >= 15 is 0 Å².